The third kappa shape index (κ3) is 1.19. The summed E-state index contributed by atoms with van der Waals surface area (Å²) in [6.45, 7) is 0. The van der Waals surface area contributed by atoms with Gasteiger partial charge in [0, 0.05) is 10.8 Å². The lowest BCUT2D eigenvalue weighted by atomic mass is 10.0. The molecular formula is C12H6Br2N4. The van der Waals surface area contributed by atoms with E-state index >= 15 is 0 Å². The van der Waals surface area contributed by atoms with E-state index in [1.54, 1.807) is 4.68 Å². The van der Waals surface area contributed by atoms with Crippen LogP contribution in [0.1, 0.15) is 0 Å². The third-order valence-corrected chi connectivity index (χ3v) is 5.21. The van der Waals surface area contributed by atoms with Gasteiger partial charge in [-0.3, -0.25) is 5.10 Å². The van der Waals surface area contributed by atoms with Gasteiger partial charge in [-0.1, -0.05) is 29.5 Å². The van der Waals surface area contributed by atoms with E-state index in [1.807, 2.05) is 6.07 Å². The highest BCUT2D eigenvalue weighted by molar-refractivity contribution is 9.13. The summed E-state index contributed by atoms with van der Waals surface area (Å²) < 4.78 is 3.64. The van der Waals surface area contributed by atoms with Crippen LogP contribution in [-0.4, -0.2) is 20.2 Å². The number of benzene rings is 2. The molecule has 4 nitrogen and oxygen atoms in total. The molecule has 0 unspecified atom stereocenters. The predicted octanol–water partition coefficient (Wildman–Crippen LogP) is 3.86. The van der Waals surface area contributed by atoms with E-state index in [0.29, 0.717) is 0 Å². The van der Waals surface area contributed by atoms with E-state index in [9.17, 15) is 0 Å². The molecule has 2 aromatic carbocycles. The van der Waals surface area contributed by atoms with Crippen LogP contribution in [0, 0.1) is 0 Å². The molecule has 0 aromatic heterocycles. The van der Waals surface area contributed by atoms with Crippen molar-refractivity contribution in [3.05, 3.63) is 39.4 Å². The normalized spacial score (nSPS) is 11.9. The van der Waals surface area contributed by atoms with Gasteiger partial charge in [0.1, 0.15) is 10.3 Å². The summed E-state index contributed by atoms with van der Waals surface area (Å²) in [4.78, 5) is 0. The second-order valence-corrected chi connectivity index (χ2v) is 5.63. The molecule has 0 saturated heterocycles. The summed E-state index contributed by atoms with van der Waals surface area (Å²) in [7, 11) is 0. The minimum atomic E-state index is 0.861. The first-order chi connectivity index (χ1) is 8.77. The molecule has 2 aliphatic heterocycles. The van der Waals surface area contributed by atoms with Crippen molar-refractivity contribution < 1.29 is 0 Å². The van der Waals surface area contributed by atoms with Gasteiger partial charge in [-0.25, -0.2) is 4.68 Å². The van der Waals surface area contributed by atoms with Crippen LogP contribution < -0.4 is 0 Å². The number of rotatable bonds is 0. The highest BCUT2D eigenvalue weighted by atomic mass is 79.9. The second-order valence-electron chi connectivity index (χ2n) is 4.08. The van der Waals surface area contributed by atoms with E-state index < -0.39 is 0 Å². The van der Waals surface area contributed by atoms with E-state index in [2.05, 4.69) is 71.7 Å². The molecule has 2 heterocycles. The first-order valence-electron chi connectivity index (χ1n) is 5.35. The van der Waals surface area contributed by atoms with Gasteiger partial charge in [-0.05, 0) is 48.5 Å². The second kappa shape index (κ2) is 3.55. The molecule has 1 N–H and O–H groups in total. The summed E-state index contributed by atoms with van der Waals surface area (Å²) in [6, 6.07) is 10.4. The quantitative estimate of drug-likeness (QED) is 0.380. The molecule has 18 heavy (non-hydrogen) atoms. The van der Waals surface area contributed by atoms with Gasteiger partial charge in [0.25, 0.3) is 0 Å². The standard InChI is InChI=1S/C12H6Br2N4/c13-10-7-3-1-2-6-4-5-8-11(9(6)7)18(12(10)14)17-16-15-8/h1-5H,(H,15,17). The Balaban J connectivity index is 2.47. The topological polar surface area (TPSA) is 46.5 Å². The van der Waals surface area contributed by atoms with Crippen LogP contribution in [0.4, 0.5) is 0 Å². The smallest absolute Gasteiger partial charge is 0.125 e. The SMILES string of the molecule is Brc1c(Br)n2nn[nH]c3ccc4cccc1c4c3-2. The number of hydrogen-bond acceptors (Lipinski definition) is 2. The maximum atomic E-state index is 4.13. The molecule has 2 aliphatic rings. The Labute approximate surface area is 119 Å². The highest BCUT2D eigenvalue weighted by Crippen LogP contribution is 2.40. The average Bonchev–Trinajstić information content (AvgIpc) is 2.43. The first-order valence-corrected chi connectivity index (χ1v) is 6.94. The van der Waals surface area contributed by atoms with Crippen molar-refractivity contribution in [2.45, 2.75) is 0 Å². The van der Waals surface area contributed by atoms with E-state index in [0.717, 1.165) is 25.7 Å². The van der Waals surface area contributed by atoms with Crippen molar-refractivity contribution in [3.63, 3.8) is 0 Å². The number of halogens is 2. The van der Waals surface area contributed by atoms with E-state index in [4.69, 9.17) is 0 Å². The third-order valence-electron chi connectivity index (χ3n) is 3.14. The fourth-order valence-electron chi connectivity index (χ4n) is 2.36. The van der Waals surface area contributed by atoms with Gasteiger partial charge in [0.05, 0.1) is 9.99 Å². The zero-order valence-electron chi connectivity index (χ0n) is 8.98. The number of aromatic nitrogens is 4. The fourth-order valence-corrected chi connectivity index (χ4v) is 3.32. The number of nitrogens with one attached hydrogen (secondary N) is 1. The van der Waals surface area contributed by atoms with Crippen molar-refractivity contribution in [1.82, 2.24) is 20.2 Å². The molecule has 0 fully saturated rings. The van der Waals surface area contributed by atoms with Crippen LogP contribution in [-0.2, 0) is 0 Å². The van der Waals surface area contributed by atoms with Crippen molar-refractivity contribution in [1.29, 1.82) is 0 Å². The first kappa shape index (κ1) is 10.5. The maximum absolute atomic E-state index is 4.13. The molecule has 0 bridgehead atoms. The van der Waals surface area contributed by atoms with E-state index in [-0.39, 0.29) is 0 Å². The van der Waals surface area contributed by atoms with E-state index in [1.165, 1.54) is 10.8 Å². The van der Waals surface area contributed by atoms with Gasteiger partial charge in [0.15, 0.2) is 0 Å². The Kier molecular flexibility index (Phi) is 2.07. The van der Waals surface area contributed by atoms with Crippen molar-refractivity contribution in [2.24, 2.45) is 0 Å². The summed E-state index contributed by atoms with van der Waals surface area (Å²) in [5.41, 5.74) is 2.00. The van der Waals surface area contributed by atoms with Crippen molar-refractivity contribution >= 4 is 53.5 Å². The predicted molar refractivity (Wildman–Crippen MR) is 77.3 cm³/mol. The van der Waals surface area contributed by atoms with Crippen LogP contribution in [0.25, 0.3) is 27.4 Å². The molecule has 0 spiro atoms. The number of pyridine rings is 1. The van der Waals surface area contributed by atoms with Crippen molar-refractivity contribution in [3.8, 4) is 5.69 Å². The Morgan fingerprint density at radius 3 is 2.89 bits per heavy atom. The molecule has 0 saturated carbocycles. The van der Waals surface area contributed by atoms with Gasteiger partial charge in [-0.2, -0.15) is 0 Å². The molecule has 0 aliphatic carbocycles. The molecule has 6 heteroatoms. The van der Waals surface area contributed by atoms with Crippen LogP contribution in [0.15, 0.2) is 39.4 Å². The average molecular weight is 366 g/mol. The molecular weight excluding hydrogens is 360 g/mol. The molecule has 0 radical (unpaired) electrons. The number of aromatic amines is 1. The lowest BCUT2D eigenvalue weighted by Crippen LogP contribution is -2.11. The summed E-state index contributed by atoms with van der Waals surface area (Å²) in [5.74, 6) is 0. The van der Waals surface area contributed by atoms with Gasteiger partial charge < -0.3 is 0 Å². The lowest BCUT2D eigenvalue weighted by molar-refractivity contribution is 0.679. The Hall–Kier alpha value is -1.40. The molecule has 4 rings (SSSR count). The summed E-state index contributed by atoms with van der Waals surface area (Å²) >= 11 is 7.18. The van der Waals surface area contributed by atoms with Crippen LogP contribution in [0.5, 0.6) is 0 Å². The summed E-state index contributed by atoms with van der Waals surface area (Å²) in [6.07, 6.45) is 0. The molecule has 88 valence electrons. The summed E-state index contributed by atoms with van der Waals surface area (Å²) in [5, 5.41) is 14.5. The Morgan fingerprint density at radius 1 is 1.11 bits per heavy atom. The van der Waals surface area contributed by atoms with Gasteiger partial charge >= 0.3 is 0 Å². The molecule has 2 aromatic rings. The van der Waals surface area contributed by atoms with Crippen LogP contribution >= 0.6 is 31.9 Å². The van der Waals surface area contributed by atoms with Crippen molar-refractivity contribution in [2.75, 3.05) is 0 Å². The minimum Gasteiger partial charge on any atom is -0.256 e. The maximum Gasteiger partial charge on any atom is 0.125 e. The number of hydrogen-bond donors (Lipinski definition) is 1. The Morgan fingerprint density at radius 2 is 2.00 bits per heavy atom. The lowest BCUT2D eigenvalue weighted by Gasteiger charge is -2.18. The highest BCUT2D eigenvalue weighted by Gasteiger charge is 2.19. The van der Waals surface area contributed by atoms with Crippen LogP contribution in [0.3, 0.4) is 0 Å². The molecule has 0 amide bonds. The molecule has 0 atom stereocenters. The zero-order valence-corrected chi connectivity index (χ0v) is 12.2. The zero-order chi connectivity index (χ0) is 12.3. The largest absolute Gasteiger partial charge is 0.256 e. The van der Waals surface area contributed by atoms with Gasteiger partial charge in [0.2, 0.25) is 0 Å². The Bertz CT molecular complexity index is 861. The number of nitrogens with zero attached hydrogens (tertiary/aromatic N) is 3. The van der Waals surface area contributed by atoms with Crippen LogP contribution in [0.2, 0.25) is 0 Å². The fraction of sp³-hybridized carbons (Fsp3) is 0. The van der Waals surface area contributed by atoms with Gasteiger partial charge in [-0.15, -0.1) is 0 Å². The number of H-pyrrole nitrogens is 1. The monoisotopic (exact) mass is 364 g/mol. The minimum absolute atomic E-state index is 0.861.